The van der Waals surface area contributed by atoms with Crippen LogP contribution in [0.25, 0.3) is 11.0 Å². The Balaban J connectivity index is 1.54. The minimum Gasteiger partial charge on any atom is -0.444 e. The predicted molar refractivity (Wildman–Crippen MR) is 157 cm³/mol. The number of benzene rings is 1. The number of carbonyl (C=O) groups is 2. The highest BCUT2D eigenvalue weighted by Gasteiger charge is 2.47. The molecule has 1 saturated heterocycles. The van der Waals surface area contributed by atoms with Gasteiger partial charge in [0.15, 0.2) is 6.04 Å². The summed E-state index contributed by atoms with van der Waals surface area (Å²) < 4.78 is 54.1. The zero-order valence-electron chi connectivity index (χ0n) is 25.5. The Morgan fingerprint density at radius 3 is 2.40 bits per heavy atom. The average molecular weight is 602 g/mol. The summed E-state index contributed by atoms with van der Waals surface area (Å²) in [6.45, 7) is 9.17. The number of halogens is 3. The summed E-state index contributed by atoms with van der Waals surface area (Å²) in [6, 6.07) is 7.33. The van der Waals surface area contributed by atoms with Gasteiger partial charge in [-0.25, -0.2) is 4.79 Å². The van der Waals surface area contributed by atoms with Crippen LogP contribution in [0, 0.1) is 12.8 Å². The number of aryl methyl sites for hydroxylation is 1. The van der Waals surface area contributed by atoms with Crippen LogP contribution in [0.4, 0.5) is 29.3 Å². The van der Waals surface area contributed by atoms with E-state index in [4.69, 9.17) is 9.47 Å². The van der Waals surface area contributed by atoms with Crippen molar-refractivity contribution >= 4 is 34.4 Å². The number of pyridine rings is 2. The number of amides is 2. The number of fused-ring (bicyclic) bond motifs is 1. The first kappa shape index (κ1) is 32.0. The standard InChI is InChI=1S/C31H38F3N5O4/c1-18-8-13-23-26(36-18)25(19(2)42-7)24(16-35-23)37-22-11-9-20(10-12-22)27(31(32,33)34)38(6)28(40)21-14-15-39(17-21)29(41)43-30(3,4)5/h8-13,16,19,21,27,37H,14-15,17H2,1-7H3/t19-,21?,27-/m0/s1. The van der Waals surface area contributed by atoms with Gasteiger partial charge in [0.1, 0.15) is 5.60 Å². The Morgan fingerprint density at radius 1 is 1.12 bits per heavy atom. The molecule has 1 aliphatic heterocycles. The third-order valence-electron chi connectivity index (χ3n) is 7.39. The number of methoxy groups -OCH3 is 1. The molecule has 0 bridgehead atoms. The fourth-order valence-corrected chi connectivity index (χ4v) is 5.22. The van der Waals surface area contributed by atoms with Gasteiger partial charge in [0.25, 0.3) is 0 Å². The first-order valence-electron chi connectivity index (χ1n) is 14.1. The molecule has 4 rings (SSSR count). The van der Waals surface area contributed by atoms with Crippen molar-refractivity contribution in [3.05, 3.63) is 59.4 Å². The van der Waals surface area contributed by atoms with E-state index in [9.17, 15) is 22.8 Å². The van der Waals surface area contributed by atoms with Gasteiger partial charge in [-0.1, -0.05) is 12.1 Å². The summed E-state index contributed by atoms with van der Waals surface area (Å²) >= 11 is 0. The van der Waals surface area contributed by atoms with Gasteiger partial charge in [-0.3, -0.25) is 14.8 Å². The van der Waals surface area contributed by atoms with E-state index >= 15 is 0 Å². The highest BCUT2D eigenvalue weighted by Crippen LogP contribution is 2.39. The van der Waals surface area contributed by atoms with Crippen molar-refractivity contribution in [1.82, 2.24) is 19.8 Å². The lowest BCUT2D eigenvalue weighted by atomic mass is 10.0. The summed E-state index contributed by atoms with van der Waals surface area (Å²) in [7, 11) is 2.73. The number of hydrogen-bond acceptors (Lipinski definition) is 7. The highest BCUT2D eigenvalue weighted by atomic mass is 19.4. The molecule has 232 valence electrons. The average Bonchev–Trinajstić information content (AvgIpc) is 3.42. The smallest absolute Gasteiger partial charge is 0.413 e. The molecule has 3 aromatic rings. The number of aromatic nitrogens is 2. The maximum Gasteiger partial charge on any atom is 0.413 e. The molecule has 2 aromatic heterocycles. The van der Waals surface area contributed by atoms with Crippen LogP contribution in [0.1, 0.15) is 63.1 Å². The van der Waals surface area contributed by atoms with Gasteiger partial charge in [-0.05, 0) is 70.9 Å². The number of rotatable bonds is 7. The van der Waals surface area contributed by atoms with Crippen LogP contribution in [0.2, 0.25) is 0 Å². The van der Waals surface area contributed by atoms with Crippen molar-refractivity contribution in [3.8, 4) is 0 Å². The minimum atomic E-state index is -4.73. The van der Waals surface area contributed by atoms with E-state index in [1.165, 1.54) is 29.2 Å². The Bertz CT molecular complexity index is 1470. The normalized spacial score (nSPS) is 17.1. The molecular formula is C31H38F3N5O4. The zero-order chi connectivity index (χ0) is 31.7. The summed E-state index contributed by atoms with van der Waals surface area (Å²) in [4.78, 5) is 36.9. The number of nitrogens with zero attached hydrogens (tertiary/aromatic N) is 4. The third kappa shape index (κ3) is 7.35. The number of carbonyl (C=O) groups excluding carboxylic acids is 2. The van der Waals surface area contributed by atoms with Crippen molar-refractivity contribution in [2.24, 2.45) is 5.92 Å². The Labute approximate surface area is 249 Å². The van der Waals surface area contributed by atoms with Crippen molar-refractivity contribution < 1.29 is 32.2 Å². The Kier molecular flexibility index (Phi) is 9.19. The monoisotopic (exact) mass is 601 g/mol. The molecule has 1 fully saturated rings. The molecule has 3 heterocycles. The number of nitrogens with one attached hydrogen (secondary N) is 1. The molecule has 0 radical (unpaired) electrons. The Morgan fingerprint density at radius 2 is 1.79 bits per heavy atom. The summed E-state index contributed by atoms with van der Waals surface area (Å²) in [5.74, 6) is -1.44. The second kappa shape index (κ2) is 12.4. The van der Waals surface area contributed by atoms with Crippen LogP contribution in [0.5, 0.6) is 0 Å². The predicted octanol–water partition coefficient (Wildman–Crippen LogP) is 6.71. The minimum absolute atomic E-state index is 0.00191. The first-order valence-corrected chi connectivity index (χ1v) is 14.1. The van der Waals surface area contributed by atoms with Crippen molar-refractivity contribution in [1.29, 1.82) is 0 Å². The highest BCUT2D eigenvalue weighted by molar-refractivity contribution is 5.85. The zero-order valence-corrected chi connectivity index (χ0v) is 25.5. The molecule has 0 saturated carbocycles. The van der Waals surface area contributed by atoms with Gasteiger partial charge in [-0.2, -0.15) is 13.2 Å². The number of likely N-dealkylation sites (tertiary alicyclic amines) is 1. The van der Waals surface area contributed by atoms with E-state index in [1.807, 2.05) is 26.0 Å². The van der Waals surface area contributed by atoms with Crippen molar-refractivity contribution in [2.75, 3.05) is 32.6 Å². The summed E-state index contributed by atoms with van der Waals surface area (Å²) in [6.07, 6.45) is -3.75. The largest absolute Gasteiger partial charge is 0.444 e. The second-order valence-corrected chi connectivity index (χ2v) is 11.8. The van der Waals surface area contributed by atoms with E-state index in [-0.39, 0.29) is 31.2 Å². The van der Waals surface area contributed by atoms with E-state index in [2.05, 4.69) is 15.3 Å². The van der Waals surface area contributed by atoms with Gasteiger partial charge in [-0.15, -0.1) is 0 Å². The molecule has 1 N–H and O–H groups in total. The van der Waals surface area contributed by atoms with E-state index in [0.29, 0.717) is 22.4 Å². The molecule has 2 amide bonds. The molecule has 43 heavy (non-hydrogen) atoms. The summed E-state index contributed by atoms with van der Waals surface area (Å²) in [5.41, 5.74) is 3.29. The van der Waals surface area contributed by atoms with Gasteiger partial charge in [0.05, 0.1) is 34.9 Å². The molecule has 12 heteroatoms. The number of ether oxygens (including phenoxy) is 2. The van der Waals surface area contributed by atoms with Gasteiger partial charge in [0, 0.05) is 44.2 Å². The maximum absolute atomic E-state index is 14.4. The molecule has 9 nitrogen and oxygen atoms in total. The van der Waals surface area contributed by atoms with Gasteiger partial charge >= 0.3 is 12.3 Å². The van der Waals surface area contributed by atoms with Crippen LogP contribution in [0.15, 0.2) is 42.6 Å². The van der Waals surface area contributed by atoms with Crippen LogP contribution in [0.3, 0.4) is 0 Å². The number of anilines is 2. The van der Waals surface area contributed by atoms with Crippen molar-refractivity contribution in [2.45, 2.75) is 65.0 Å². The van der Waals surface area contributed by atoms with Crippen LogP contribution >= 0.6 is 0 Å². The second-order valence-electron chi connectivity index (χ2n) is 11.8. The van der Waals surface area contributed by atoms with E-state index < -0.39 is 35.7 Å². The molecule has 1 aromatic carbocycles. The fourth-order valence-electron chi connectivity index (χ4n) is 5.22. The van der Waals surface area contributed by atoms with Gasteiger partial charge < -0.3 is 24.6 Å². The molecule has 3 atom stereocenters. The summed E-state index contributed by atoms with van der Waals surface area (Å²) in [5, 5.41) is 3.24. The lowest BCUT2D eigenvalue weighted by molar-refractivity contribution is -0.190. The quantitative estimate of drug-likeness (QED) is 0.322. The maximum atomic E-state index is 14.4. The molecule has 1 aliphatic rings. The van der Waals surface area contributed by atoms with Crippen molar-refractivity contribution in [3.63, 3.8) is 0 Å². The molecule has 1 unspecified atom stereocenters. The molecule has 0 aliphatic carbocycles. The Hall–Kier alpha value is -3.93. The number of hydrogen-bond donors (Lipinski definition) is 1. The van der Waals surface area contributed by atoms with Crippen LogP contribution in [-0.4, -0.2) is 70.8 Å². The lowest BCUT2D eigenvalue weighted by Gasteiger charge is -2.32. The fraction of sp³-hybridized carbons (Fsp3) is 0.484. The molecule has 0 spiro atoms. The van der Waals surface area contributed by atoms with E-state index in [1.54, 1.807) is 34.1 Å². The number of alkyl halides is 3. The lowest BCUT2D eigenvalue weighted by Crippen LogP contribution is -2.43. The SMILES string of the molecule is CO[C@@H](C)c1c(Nc2ccc([C@H](N(C)C(=O)C3CCN(C(=O)OC(C)(C)C)C3)C(F)(F)F)cc2)cnc2ccc(C)nc12. The third-order valence-corrected chi connectivity index (χ3v) is 7.39. The van der Waals surface area contributed by atoms with Crippen LogP contribution in [-0.2, 0) is 14.3 Å². The molecular weight excluding hydrogens is 563 g/mol. The van der Waals surface area contributed by atoms with E-state index in [0.717, 1.165) is 23.2 Å². The first-order chi connectivity index (χ1) is 20.1. The topological polar surface area (TPSA) is 96.9 Å². The van der Waals surface area contributed by atoms with Gasteiger partial charge in [0.2, 0.25) is 5.91 Å². The van der Waals surface area contributed by atoms with Crippen LogP contribution < -0.4 is 5.32 Å².